The second-order valence-electron chi connectivity index (χ2n) is 7.48. The van der Waals surface area contributed by atoms with Crippen molar-refractivity contribution < 1.29 is 9.31 Å². The Kier molecular flexibility index (Phi) is 4.36. The minimum Gasteiger partial charge on any atom is -0.298 e. The van der Waals surface area contributed by atoms with E-state index in [9.17, 15) is 4.79 Å². The first kappa shape index (κ1) is 18.2. The molecule has 0 N–H and O–H groups in total. The Hall–Kier alpha value is -3.86. The summed E-state index contributed by atoms with van der Waals surface area (Å²) in [5.41, 5.74) is 7.64. The molecule has 5 nitrogen and oxygen atoms in total. The zero-order valence-electron chi connectivity index (χ0n) is 16.9. The maximum atomic E-state index is 11.2. The predicted octanol–water partition coefficient (Wildman–Crippen LogP) is 4.15. The fraction of sp³-hybridized carbons (Fsp3) is 0.120. The van der Waals surface area contributed by atoms with Crippen LogP contribution in [0, 0.1) is 6.92 Å². The number of carbonyl (C=O) groups excluding carboxylic acids is 1. The largest absolute Gasteiger partial charge is 0.298 e. The van der Waals surface area contributed by atoms with Gasteiger partial charge in [-0.25, -0.2) is 4.68 Å². The normalized spacial score (nSPS) is 13.9. The van der Waals surface area contributed by atoms with Crippen LogP contribution in [0.4, 0.5) is 0 Å². The number of aromatic nitrogens is 4. The van der Waals surface area contributed by atoms with E-state index in [1.54, 1.807) is 0 Å². The second kappa shape index (κ2) is 7.19. The minimum absolute atomic E-state index is 0.658. The van der Waals surface area contributed by atoms with E-state index in [-0.39, 0.29) is 0 Å². The van der Waals surface area contributed by atoms with E-state index < -0.39 is 0 Å². The molecule has 3 aromatic heterocycles. The fourth-order valence-electron chi connectivity index (χ4n) is 3.89. The molecule has 0 unspecified atom stereocenters. The molecular weight excluding hydrogens is 372 g/mol. The summed E-state index contributed by atoms with van der Waals surface area (Å²) in [6.07, 6.45) is 11.2. The maximum Gasteiger partial charge on any atom is 0.296 e. The standard InChI is InChI=1S/C25H21N4O/c1-17-13-23-26-15-21-14-22(19-8-4-3-5-9-19)24(27-25(21)29(23)28(17)2)20-10-6-7-18(16-30)11-12-20/h3-9,11-16H,10H2,1-2H3/q+1. The highest BCUT2D eigenvalue weighted by Crippen LogP contribution is 2.32. The third kappa shape index (κ3) is 2.95. The molecule has 30 heavy (non-hydrogen) atoms. The van der Waals surface area contributed by atoms with E-state index in [1.165, 1.54) is 0 Å². The van der Waals surface area contributed by atoms with Crippen molar-refractivity contribution in [3.8, 4) is 11.1 Å². The zero-order valence-corrected chi connectivity index (χ0v) is 16.9. The molecule has 1 aliphatic carbocycles. The third-order valence-corrected chi connectivity index (χ3v) is 5.58. The SMILES string of the molecule is Cc1cc2ncc3cc(-c4ccccc4)c(C4=CC=C(C=O)C=CC4)nc3[n+]2n1C. The number of aldehydes is 1. The lowest BCUT2D eigenvalue weighted by Gasteiger charge is -2.10. The van der Waals surface area contributed by atoms with Gasteiger partial charge < -0.3 is 0 Å². The number of allylic oxidation sites excluding steroid dienone is 6. The molecule has 3 heterocycles. The van der Waals surface area contributed by atoms with Crippen LogP contribution in [-0.2, 0) is 11.8 Å². The van der Waals surface area contributed by atoms with Gasteiger partial charge in [-0.3, -0.25) is 4.79 Å². The molecule has 0 fully saturated rings. The lowest BCUT2D eigenvalue weighted by molar-refractivity contribution is -0.584. The quantitative estimate of drug-likeness (QED) is 0.388. The number of pyridine rings is 1. The summed E-state index contributed by atoms with van der Waals surface area (Å²) in [5.74, 6) is 0. The molecule has 1 aromatic carbocycles. The molecule has 5 heteroatoms. The van der Waals surface area contributed by atoms with Crippen molar-refractivity contribution in [3.05, 3.63) is 89.9 Å². The molecule has 0 saturated heterocycles. The van der Waals surface area contributed by atoms with E-state index in [1.807, 2.05) is 60.3 Å². The number of nitrogens with zero attached hydrogens (tertiary/aromatic N) is 4. The van der Waals surface area contributed by atoms with Crippen molar-refractivity contribution >= 4 is 28.5 Å². The maximum absolute atomic E-state index is 11.2. The first-order valence-corrected chi connectivity index (χ1v) is 9.92. The van der Waals surface area contributed by atoms with Crippen LogP contribution >= 0.6 is 0 Å². The van der Waals surface area contributed by atoms with Crippen molar-refractivity contribution in [2.75, 3.05) is 0 Å². The Bertz CT molecular complexity index is 1390. The Morgan fingerprint density at radius 3 is 2.77 bits per heavy atom. The monoisotopic (exact) mass is 393 g/mol. The van der Waals surface area contributed by atoms with Crippen LogP contribution in [0.1, 0.15) is 17.8 Å². The van der Waals surface area contributed by atoms with Crippen molar-refractivity contribution in [1.82, 2.24) is 14.6 Å². The fourth-order valence-corrected chi connectivity index (χ4v) is 3.89. The Balaban J connectivity index is 1.85. The van der Waals surface area contributed by atoms with Crippen LogP contribution in [0.25, 0.3) is 33.4 Å². The molecule has 4 aromatic rings. The average Bonchev–Trinajstić information content (AvgIpc) is 2.95. The van der Waals surface area contributed by atoms with E-state index in [0.717, 1.165) is 51.1 Å². The topological polar surface area (TPSA) is 51.9 Å². The summed E-state index contributed by atoms with van der Waals surface area (Å²) < 4.78 is 4.11. The third-order valence-electron chi connectivity index (χ3n) is 5.58. The predicted molar refractivity (Wildman–Crippen MR) is 118 cm³/mol. The van der Waals surface area contributed by atoms with Crippen molar-refractivity contribution in [1.29, 1.82) is 0 Å². The highest BCUT2D eigenvalue weighted by atomic mass is 16.1. The number of rotatable bonds is 3. The number of hydrogen-bond acceptors (Lipinski definition) is 3. The van der Waals surface area contributed by atoms with Gasteiger partial charge in [0.1, 0.15) is 12.5 Å². The Morgan fingerprint density at radius 2 is 1.97 bits per heavy atom. The van der Waals surface area contributed by atoms with E-state index in [0.29, 0.717) is 12.0 Å². The van der Waals surface area contributed by atoms with Crippen LogP contribution in [0.2, 0.25) is 0 Å². The van der Waals surface area contributed by atoms with Gasteiger partial charge in [0.15, 0.2) is 5.69 Å². The summed E-state index contributed by atoms with van der Waals surface area (Å²) in [6, 6.07) is 14.5. The molecular formula is C25H21N4O+. The number of aryl methyl sites for hydroxylation is 2. The zero-order chi connectivity index (χ0) is 20.7. The van der Waals surface area contributed by atoms with Gasteiger partial charge in [0.2, 0.25) is 0 Å². The second-order valence-corrected chi connectivity index (χ2v) is 7.48. The number of fused-ring (bicyclic) bond motifs is 3. The van der Waals surface area contributed by atoms with E-state index >= 15 is 0 Å². The van der Waals surface area contributed by atoms with E-state index in [2.05, 4.69) is 40.9 Å². The molecule has 0 radical (unpaired) electrons. The number of benzene rings is 1. The smallest absolute Gasteiger partial charge is 0.296 e. The van der Waals surface area contributed by atoms with Crippen LogP contribution in [0.3, 0.4) is 0 Å². The summed E-state index contributed by atoms with van der Waals surface area (Å²) in [5, 5.41) is 0.977. The molecule has 146 valence electrons. The van der Waals surface area contributed by atoms with Gasteiger partial charge in [-0.05, 0) is 30.5 Å². The van der Waals surface area contributed by atoms with E-state index in [4.69, 9.17) is 4.98 Å². The molecule has 0 saturated carbocycles. The molecule has 1 aliphatic rings. The Labute approximate surface area is 174 Å². The number of hydrogen-bond donors (Lipinski definition) is 0. The lowest BCUT2D eigenvalue weighted by atomic mass is 9.96. The van der Waals surface area contributed by atoms with Gasteiger partial charge in [0, 0.05) is 24.3 Å². The van der Waals surface area contributed by atoms with Crippen LogP contribution in [0.15, 0.2) is 78.5 Å². The first-order chi connectivity index (χ1) is 14.7. The van der Waals surface area contributed by atoms with Crippen molar-refractivity contribution in [3.63, 3.8) is 0 Å². The van der Waals surface area contributed by atoms with Crippen molar-refractivity contribution in [2.24, 2.45) is 7.05 Å². The molecule has 5 rings (SSSR count). The molecule has 0 atom stereocenters. The highest BCUT2D eigenvalue weighted by molar-refractivity contribution is 5.89. The first-order valence-electron chi connectivity index (χ1n) is 9.92. The summed E-state index contributed by atoms with van der Waals surface area (Å²) in [6.45, 7) is 2.06. The van der Waals surface area contributed by atoms with Gasteiger partial charge in [0.25, 0.3) is 11.3 Å². The van der Waals surface area contributed by atoms with Crippen LogP contribution < -0.4 is 4.52 Å². The minimum atomic E-state index is 0.658. The summed E-state index contributed by atoms with van der Waals surface area (Å²) in [7, 11) is 2.02. The Morgan fingerprint density at radius 1 is 1.13 bits per heavy atom. The molecule has 0 amide bonds. The average molecular weight is 393 g/mol. The highest BCUT2D eigenvalue weighted by Gasteiger charge is 2.22. The van der Waals surface area contributed by atoms with Gasteiger partial charge in [0.05, 0.1) is 11.1 Å². The summed E-state index contributed by atoms with van der Waals surface area (Å²) in [4.78, 5) is 21.0. The molecule has 0 bridgehead atoms. The van der Waals surface area contributed by atoms with Gasteiger partial charge in [-0.15, -0.1) is 14.5 Å². The van der Waals surface area contributed by atoms with Crippen LogP contribution in [-0.4, -0.2) is 20.9 Å². The number of carbonyl (C=O) groups is 1. The van der Waals surface area contributed by atoms with Gasteiger partial charge >= 0.3 is 0 Å². The molecule has 0 spiro atoms. The van der Waals surface area contributed by atoms with Crippen molar-refractivity contribution in [2.45, 2.75) is 13.3 Å². The lowest BCUT2D eigenvalue weighted by Crippen LogP contribution is -2.34. The van der Waals surface area contributed by atoms with Gasteiger partial charge in [-0.2, -0.15) is 0 Å². The van der Waals surface area contributed by atoms with Gasteiger partial charge in [-0.1, -0.05) is 54.6 Å². The molecule has 0 aliphatic heterocycles. The summed E-state index contributed by atoms with van der Waals surface area (Å²) >= 11 is 0. The van der Waals surface area contributed by atoms with Crippen LogP contribution in [0.5, 0.6) is 0 Å².